The summed E-state index contributed by atoms with van der Waals surface area (Å²) in [4.78, 5) is 0. The minimum atomic E-state index is 0.198. The average molecular weight is 234 g/mol. The number of hydrogen-bond acceptors (Lipinski definition) is 2. The standard InChI is InChI=1S/C15H22O2/c1-12-5-2-3-8-15(12)17-14-7-4-6-13(11-14)9-10-16/h4,6-7,11-12,15-16H,2-3,5,8-10H2,1H3/t12-,15+/m1/s1. The SMILES string of the molecule is C[C@@H]1CCCC[C@@H]1Oc1cccc(CCO)c1. The van der Waals surface area contributed by atoms with Gasteiger partial charge in [-0.3, -0.25) is 0 Å². The summed E-state index contributed by atoms with van der Waals surface area (Å²) in [5.74, 6) is 1.61. The van der Waals surface area contributed by atoms with Gasteiger partial charge in [-0.15, -0.1) is 0 Å². The molecule has 0 unspecified atom stereocenters. The summed E-state index contributed by atoms with van der Waals surface area (Å²) in [6.07, 6.45) is 6.15. The number of aliphatic hydroxyl groups is 1. The number of benzene rings is 1. The molecule has 0 amide bonds. The van der Waals surface area contributed by atoms with Crippen LogP contribution in [0.2, 0.25) is 0 Å². The van der Waals surface area contributed by atoms with Crippen LogP contribution in [-0.2, 0) is 6.42 Å². The predicted molar refractivity (Wildman–Crippen MR) is 69.3 cm³/mol. The minimum absolute atomic E-state index is 0.198. The molecule has 1 aliphatic carbocycles. The fraction of sp³-hybridized carbons (Fsp3) is 0.600. The lowest BCUT2D eigenvalue weighted by Crippen LogP contribution is -2.28. The van der Waals surface area contributed by atoms with Crippen LogP contribution in [-0.4, -0.2) is 17.8 Å². The van der Waals surface area contributed by atoms with Crippen molar-refractivity contribution in [2.45, 2.75) is 45.1 Å². The van der Waals surface area contributed by atoms with E-state index in [0.29, 0.717) is 18.4 Å². The molecule has 1 aliphatic rings. The molecule has 0 spiro atoms. The third-order valence-electron chi connectivity index (χ3n) is 3.62. The number of aliphatic hydroxyl groups excluding tert-OH is 1. The molecule has 2 rings (SSSR count). The Morgan fingerprint density at radius 2 is 2.12 bits per heavy atom. The summed E-state index contributed by atoms with van der Waals surface area (Å²) in [5.41, 5.74) is 1.15. The molecule has 1 N–H and O–H groups in total. The molecule has 94 valence electrons. The fourth-order valence-corrected chi connectivity index (χ4v) is 2.54. The van der Waals surface area contributed by atoms with Gasteiger partial charge in [-0.2, -0.15) is 0 Å². The van der Waals surface area contributed by atoms with Gasteiger partial charge in [0.15, 0.2) is 0 Å². The lowest BCUT2D eigenvalue weighted by atomic mass is 9.88. The first-order valence-electron chi connectivity index (χ1n) is 6.66. The largest absolute Gasteiger partial charge is 0.490 e. The maximum Gasteiger partial charge on any atom is 0.120 e. The molecular weight excluding hydrogens is 212 g/mol. The van der Waals surface area contributed by atoms with Gasteiger partial charge in [0.2, 0.25) is 0 Å². The van der Waals surface area contributed by atoms with Crippen LogP contribution in [0.1, 0.15) is 38.2 Å². The normalized spacial score (nSPS) is 24.6. The van der Waals surface area contributed by atoms with Gasteiger partial charge in [0.1, 0.15) is 11.9 Å². The van der Waals surface area contributed by atoms with Gasteiger partial charge in [-0.05, 0) is 49.3 Å². The maximum absolute atomic E-state index is 8.93. The molecule has 1 aromatic rings. The topological polar surface area (TPSA) is 29.5 Å². The monoisotopic (exact) mass is 234 g/mol. The third-order valence-corrected chi connectivity index (χ3v) is 3.62. The summed E-state index contributed by atoms with van der Waals surface area (Å²) in [6, 6.07) is 8.11. The summed E-state index contributed by atoms with van der Waals surface area (Å²) < 4.78 is 6.07. The van der Waals surface area contributed by atoms with Crippen LogP contribution in [0, 0.1) is 5.92 Å². The Bertz CT molecular complexity index is 349. The van der Waals surface area contributed by atoms with Gasteiger partial charge < -0.3 is 9.84 Å². The summed E-state index contributed by atoms with van der Waals surface area (Å²) >= 11 is 0. The molecule has 1 aromatic carbocycles. The van der Waals surface area contributed by atoms with E-state index in [4.69, 9.17) is 9.84 Å². The Labute approximate surface area is 104 Å². The zero-order valence-corrected chi connectivity index (χ0v) is 10.6. The van der Waals surface area contributed by atoms with E-state index in [1.807, 2.05) is 18.2 Å². The lowest BCUT2D eigenvalue weighted by molar-refractivity contribution is 0.102. The number of hydrogen-bond donors (Lipinski definition) is 1. The van der Waals surface area contributed by atoms with Crippen molar-refractivity contribution < 1.29 is 9.84 Å². The van der Waals surface area contributed by atoms with Crippen molar-refractivity contribution in [3.8, 4) is 5.75 Å². The molecular formula is C15H22O2. The quantitative estimate of drug-likeness (QED) is 0.867. The van der Waals surface area contributed by atoms with Crippen LogP contribution in [0.25, 0.3) is 0 Å². The molecule has 1 saturated carbocycles. The molecule has 2 heteroatoms. The molecule has 2 atom stereocenters. The van der Waals surface area contributed by atoms with Crippen LogP contribution in [0.15, 0.2) is 24.3 Å². The Morgan fingerprint density at radius 3 is 2.88 bits per heavy atom. The first kappa shape index (κ1) is 12.4. The van der Waals surface area contributed by atoms with Crippen molar-refractivity contribution in [3.05, 3.63) is 29.8 Å². The van der Waals surface area contributed by atoms with Gasteiger partial charge >= 0.3 is 0 Å². The molecule has 17 heavy (non-hydrogen) atoms. The van der Waals surface area contributed by atoms with E-state index in [0.717, 1.165) is 11.3 Å². The Morgan fingerprint density at radius 1 is 1.29 bits per heavy atom. The molecule has 0 aliphatic heterocycles. The van der Waals surface area contributed by atoms with E-state index in [2.05, 4.69) is 13.0 Å². The predicted octanol–water partition coefficient (Wildman–Crippen LogP) is 3.18. The van der Waals surface area contributed by atoms with Crippen molar-refractivity contribution in [1.29, 1.82) is 0 Å². The summed E-state index contributed by atoms with van der Waals surface area (Å²) in [6.45, 7) is 2.48. The number of rotatable bonds is 4. The lowest BCUT2D eigenvalue weighted by Gasteiger charge is -2.29. The Hall–Kier alpha value is -1.02. The molecule has 0 aromatic heterocycles. The van der Waals surface area contributed by atoms with E-state index in [1.54, 1.807) is 0 Å². The van der Waals surface area contributed by atoms with Crippen molar-refractivity contribution in [1.82, 2.24) is 0 Å². The second-order valence-electron chi connectivity index (χ2n) is 5.04. The molecule has 2 nitrogen and oxygen atoms in total. The van der Waals surface area contributed by atoms with Crippen LogP contribution in [0.3, 0.4) is 0 Å². The van der Waals surface area contributed by atoms with Gasteiger partial charge in [0.25, 0.3) is 0 Å². The van der Waals surface area contributed by atoms with Crippen molar-refractivity contribution in [2.24, 2.45) is 5.92 Å². The highest BCUT2D eigenvalue weighted by atomic mass is 16.5. The van der Waals surface area contributed by atoms with Crippen molar-refractivity contribution in [3.63, 3.8) is 0 Å². The molecule has 0 radical (unpaired) electrons. The van der Waals surface area contributed by atoms with Gasteiger partial charge in [0, 0.05) is 6.61 Å². The van der Waals surface area contributed by atoms with Gasteiger partial charge in [0.05, 0.1) is 0 Å². The molecule has 0 heterocycles. The van der Waals surface area contributed by atoms with Crippen LogP contribution in [0.5, 0.6) is 5.75 Å². The minimum Gasteiger partial charge on any atom is -0.490 e. The summed E-state index contributed by atoms with van der Waals surface area (Å²) in [7, 11) is 0. The van der Waals surface area contributed by atoms with Crippen LogP contribution >= 0.6 is 0 Å². The van der Waals surface area contributed by atoms with Crippen molar-refractivity contribution >= 4 is 0 Å². The second-order valence-corrected chi connectivity index (χ2v) is 5.04. The van der Waals surface area contributed by atoms with E-state index >= 15 is 0 Å². The van der Waals surface area contributed by atoms with Gasteiger partial charge in [-0.1, -0.05) is 25.5 Å². The highest BCUT2D eigenvalue weighted by Gasteiger charge is 2.22. The van der Waals surface area contributed by atoms with Crippen LogP contribution < -0.4 is 4.74 Å². The van der Waals surface area contributed by atoms with E-state index < -0.39 is 0 Å². The van der Waals surface area contributed by atoms with E-state index in [9.17, 15) is 0 Å². The maximum atomic E-state index is 8.93. The summed E-state index contributed by atoms with van der Waals surface area (Å²) in [5, 5.41) is 8.93. The Kier molecular flexibility index (Phi) is 4.43. The second kappa shape index (κ2) is 6.06. The average Bonchev–Trinajstić information content (AvgIpc) is 2.33. The van der Waals surface area contributed by atoms with E-state index in [-0.39, 0.29) is 6.61 Å². The smallest absolute Gasteiger partial charge is 0.120 e. The fourth-order valence-electron chi connectivity index (χ4n) is 2.54. The highest BCUT2D eigenvalue weighted by Crippen LogP contribution is 2.28. The Balaban J connectivity index is 1.99. The van der Waals surface area contributed by atoms with Gasteiger partial charge in [-0.25, -0.2) is 0 Å². The first-order chi connectivity index (χ1) is 8.29. The van der Waals surface area contributed by atoms with E-state index in [1.165, 1.54) is 25.7 Å². The zero-order chi connectivity index (χ0) is 12.1. The first-order valence-corrected chi connectivity index (χ1v) is 6.66. The number of ether oxygens (including phenoxy) is 1. The van der Waals surface area contributed by atoms with Crippen molar-refractivity contribution in [2.75, 3.05) is 6.61 Å². The highest BCUT2D eigenvalue weighted by molar-refractivity contribution is 5.28. The molecule has 0 saturated heterocycles. The molecule has 1 fully saturated rings. The third kappa shape index (κ3) is 3.47. The zero-order valence-electron chi connectivity index (χ0n) is 10.6. The molecule has 0 bridgehead atoms. The van der Waals surface area contributed by atoms with Crippen LogP contribution in [0.4, 0.5) is 0 Å².